The highest BCUT2D eigenvalue weighted by molar-refractivity contribution is 7.99. The normalized spacial score (nSPS) is 12.0. The van der Waals surface area contributed by atoms with E-state index in [1.807, 2.05) is 17.8 Å². The second-order valence-corrected chi connectivity index (χ2v) is 7.57. The predicted octanol–water partition coefficient (Wildman–Crippen LogP) is 1.40. The summed E-state index contributed by atoms with van der Waals surface area (Å²) in [5.74, 6) is 0. The van der Waals surface area contributed by atoms with Gasteiger partial charge in [0.25, 0.3) is 0 Å². The average Bonchev–Trinajstić information content (AvgIpc) is 2.77. The zero-order valence-corrected chi connectivity index (χ0v) is 13.1. The summed E-state index contributed by atoms with van der Waals surface area (Å²) in [6.45, 7) is 0. The molecule has 0 saturated heterocycles. The molecule has 0 aliphatic carbocycles. The van der Waals surface area contributed by atoms with Crippen molar-refractivity contribution < 1.29 is 8.42 Å². The van der Waals surface area contributed by atoms with Crippen LogP contribution in [0, 0.1) is 0 Å². The van der Waals surface area contributed by atoms with Gasteiger partial charge in [0.1, 0.15) is 0 Å². The molecule has 8 heteroatoms. The summed E-state index contributed by atoms with van der Waals surface area (Å²) < 4.78 is 27.1. The Bertz CT molecular complexity index is 723. The number of aryl methyl sites for hydroxylation is 1. The number of anilines is 1. The summed E-state index contributed by atoms with van der Waals surface area (Å²) >= 11 is 1.39. The van der Waals surface area contributed by atoms with Crippen LogP contribution in [0.5, 0.6) is 0 Å². The van der Waals surface area contributed by atoms with Gasteiger partial charge >= 0.3 is 0 Å². The highest BCUT2D eigenvalue weighted by atomic mass is 32.2. The van der Waals surface area contributed by atoms with Gasteiger partial charge in [-0.05, 0) is 30.0 Å². The number of nitrogens with zero attached hydrogens (tertiary/aromatic N) is 3. The number of sulfonamides is 1. The van der Waals surface area contributed by atoms with Crippen molar-refractivity contribution in [3.63, 3.8) is 0 Å². The maximum Gasteiger partial charge on any atom is 0.242 e. The number of aromatic nitrogens is 2. The smallest absolute Gasteiger partial charge is 0.242 e. The van der Waals surface area contributed by atoms with Crippen molar-refractivity contribution in [2.75, 3.05) is 19.8 Å². The molecule has 0 spiro atoms. The molecule has 2 aromatic rings. The van der Waals surface area contributed by atoms with E-state index >= 15 is 0 Å². The Morgan fingerprint density at radius 3 is 2.55 bits per heavy atom. The molecule has 6 nitrogen and oxygen atoms in total. The van der Waals surface area contributed by atoms with Crippen molar-refractivity contribution in [3.8, 4) is 0 Å². The molecule has 0 aliphatic rings. The summed E-state index contributed by atoms with van der Waals surface area (Å²) in [7, 11) is 1.40. The number of hydrogen-bond donors (Lipinski definition) is 1. The molecule has 2 N–H and O–H groups in total. The van der Waals surface area contributed by atoms with Crippen molar-refractivity contribution >= 4 is 27.5 Å². The van der Waals surface area contributed by atoms with Crippen LogP contribution in [0.2, 0.25) is 0 Å². The van der Waals surface area contributed by atoms with E-state index in [2.05, 4.69) is 4.98 Å². The van der Waals surface area contributed by atoms with Crippen molar-refractivity contribution in [2.45, 2.75) is 14.9 Å². The highest BCUT2D eigenvalue weighted by Crippen LogP contribution is 2.32. The monoisotopic (exact) mass is 312 g/mol. The minimum absolute atomic E-state index is 0.184. The Morgan fingerprint density at radius 1 is 1.35 bits per heavy atom. The van der Waals surface area contributed by atoms with E-state index in [9.17, 15) is 8.42 Å². The zero-order chi connectivity index (χ0) is 14.9. The third-order valence-electron chi connectivity index (χ3n) is 2.74. The Hall–Kier alpha value is -1.51. The molecular formula is C12H16N4O2S2. The molecular weight excluding hydrogens is 296 g/mol. The second kappa shape index (κ2) is 5.47. The quantitative estimate of drug-likeness (QED) is 0.863. The van der Waals surface area contributed by atoms with E-state index in [0.717, 1.165) is 14.4 Å². The van der Waals surface area contributed by atoms with Gasteiger partial charge in [-0.1, -0.05) is 0 Å². The van der Waals surface area contributed by atoms with Crippen LogP contribution >= 0.6 is 11.8 Å². The first-order valence-electron chi connectivity index (χ1n) is 5.79. The van der Waals surface area contributed by atoms with Gasteiger partial charge in [-0.3, -0.25) is 0 Å². The molecule has 20 heavy (non-hydrogen) atoms. The first-order chi connectivity index (χ1) is 9.32. The molecule has 1 aromatic carbocycles. The number of benzene rings is 1. The van der Waals surface area contributed by atoms with Gasteiger partial charge < -0.3 is 10.3 Å². The number of nitrogens with two attached hydrogens (primary N) is 1. The molecule has 0 bridgehead atoms. The van der Waals surface area contributed by atoms with E-state index in [1.165, 1.54) is 31.9 Å². The summed E-state index contributed by atoms with van der Waals surface area (Å²) in [6.07, 6.45) is 3.53. The minimum atomic E-state index is -3.46. The van der Waals surface area contributed by atoms with Crippen molar-refractivity contribution in [3.05, 3.63) is 30.6 Å². The van der Waals surface area contributed by atoms with Crippen molar-refractivity contribution in [1.82, 2.24) is 13.9 Å². The van der Waals surface area contributed by atoms with E-state index in [-0.39, 0.29) is 4.90 Å². The molecule has 0 unspecified atom stereocenters. The number of hydrogen-bond acceptors (Lipinski definition) is 5. The predicted molar refractivity (Wildman–Crippen MR) is 79.1 cm³/mol. The first-order valence-corrected chi connectivity index (χ1v) is 8.05. The van der Waals surface area contributed by atoms with Gasteiger partial charge in [-0.25, -0.2) is 17.7 Å². The van der Waals surface area contributed by atoms with Gasteiger partial charge in [0.05, 0.1) is 4.90 Å². The number of imidazole rings is 1. The van der Waals surface area contributed by atoms with E-state index < -0.39 is 10.0 Å². The minimum Gasteiger partial charge on any atom is -0.398 e. The van der Waals surface area contributed by atoms with E-state index in [1.54, 1.807) is 18.3 Å². The van der Waals surface area contributed by atoms with Crippen LogP contribution in [0.15, 0.2) is 45.5 Å². The lowest BCUT2D eigenvalue weighted by Crippen LogP contribution is -2.22. The lowest BCUT2D eigenvalue weighted by molar-refractivity contribution is 0.520. The Labute approximate surface area is 122 Å². The maximum absolute atomic E-state index is 12.0. The molecule has 0 saturated carbocycles. The van der Waals surface area contributed by atoms with Gasteiger partial charge in [0, 0.05) is 44.1 Å². The van der Waals surface area contributed by atoms with Crippen LogP contribution in [-0.2, 0) is 17.1 Å². The van der Waals surface area contributed by atoms with Crippen LogP contribution in [0.4, 0.5) is 5.69 Å². The molecule has 2 rings (SSSR count). The topological polar surface area (TPSA) is 81.2 Å². The summed E-state index contributed by atoms with van der Waals surface area (Å²) in [5.41, 5.74) is 6.36. The zero-order valence-electron chi connectivity index (χ0n) is 11.4. The van der Waals surface area contributed by atoms with Crippen molar-refractivity contribution in [1.29, 1.82) is 0 Å². The fourth-order valence-corrected chi connectivity index (χ4v) is 3.30. The third-order valence-corrected chi connectivity index (χ3v) is 5.72. The van der Waals surface area contributed by atoms with E-state index in [4.69, 9.17) is 5.73 Å². The largest absolute Gasteiger partial charge is 0.398 e. The van der Waals surface area contributed by atoms with Crippen LogP contribution in [0.1, 0.15) is 0 Å². The number of nitrogen functional groups attached to an aromatic ring is 1. The van der Waals surface area contributed by atoms with Gasteiger partial charge in [0.2, 0.25) is 10.0 Å². The highest BCUT2D eigenvalue weighted by Gasteiger charge is 2.18. The molecule has 0 fully saturated rings. The molecule has 0 aliphatic heterocycles. The Kier molecular flexibility index (Phi) is 4.07. The average molecular weight is 312 g/mol. The lowest BCUT2D eigenvalue weighted by atomic mass is 10.3. The summed E-state index contributed by atoms with van der Waals surface area (Å²) in [5, 5.41) is 0.792. The third kappa shape index (κ3) is 2.82. The van der Waals surface area contributed by atoms with Crippen LogP contribution in [0.3, 0.4) is 0 Å². The fourth-order valence-electron chi connectivity index (χ4n) is 1.54. The fraction of sp³-hybridized carbons (Fsp3) is 0.250. The van der Waals surface area contributed by atoms with Crippen LogP contribution in [0.25, 0.3) is 0 Å². The lowest BCUT2D eigenvalue weighted by Gasteiger charge is -2.13. The van der Waals surface area contributed by atoms with Crippen molar-refractivity contribution in [2.24, 2.45) is 7.05 Å². The van der Waals surface area contributed by atoms with E-state index in [0.29, 0.717) is 5.69 Å². The summed E-state index contributed by atoms with van der Waals surface area (Å²) in [4.78, 5) is 5.15. The van der Waals surface area contributed by atoms with Gasteiger partial charge in [-0.15, -0.1) is 0 Å². The molecule has 0 radical (unpaired) electrons. The molecule has 0 amide bonds. The summed E-state index contributed by atoms with van der Waals surface area (Å²) in [6, 6.07) is 4.72. The standard InChI is InChI=1S/C12H16N4O2S2/c1-15(2)20(17,18)9-4-5-11(10(13)8-9)19-12-14-6-7-16(12)3/h4-8H,13H2,1-3H3. The van der Waals surface area contributed by atoms with Crippen LogP contribution in [-0.4, -0.2) is 36.4 Å². The SMILES string of the molecule is CN(C)S(=O)(=O)c1ccc(Sc2nccn2C)c(N)c1. The van der Waals surface area contributed by atoms with Gasteiger partial charge in [0.15, 0.2) is 5.16 Å². The molecule has 0 atom stereocenters. The Morgan fingerprint density at radius 2 is 2.05 bits per heavy atom. The number of rotatable bonds is 4. The molecule has 1 heterocycles. The second-order valence-electron chi connectivity index (χ2n) is 4.41. The van der Waals surface area contributed by atoms with Crippen LogP contribution < -0.4 is 5.73 Å². The Balaban J connectivity index is 2.34. The first kappa shape index (κ1) is 14.9. The maximum atomic E-state index is 12.0. The molecule has 108 valence electrons. The molecule has 1 aromatic heterocycles. The van der Waals surface area contributed by atoms with Gasteiger partial charge in [-0.2, -0.15) is 0 Å².